The fraction of sp³-hybridized carbons (Fsp3) is 0.529. The summed E-state index contributed by atoms with van der Waals surface area (Å²) in [5, 5.41) is 5.85. The first-order chi connectivity index (χ1) is 12.4. The molecule has 1 aliphatic heterocycles. The molecule has 1 aromatic carbocycles. The summed E-state index contributed by atoms with van der Waals surface area (Å²) in [7, 11) is -1.95. The Hall–Kier alpha value is -1.68. The molecule has 2 heterocycles. The largest absolute Gasteiger partial charge is 0.441 e. The van der Waals surface area contributed by atoms with Gasteiger partial charge in [0.25, 0.3) is 0 Å². The molecule has 27 heavy (non-hydrogen) atoms. The summed E-state index contributed by atoms with van der Waals surface area (Å²) >= 11 is 0. The second kappa shape index (κ2) is 8.55. The lowest BCUT2D eigenvalue weighted by atomic mass is 9.95. The lowest BCUT2D eigenvalue weighted by Crippen LogP contribution is -2.55. The summed E-state index contributed by atoms with van der Waals surface area (Å²) in [6.45, 7) is 1.48. The number of oxazole rings is 1. The molecule has 0 atom stereocenters. The van der Waals surface area contributed by atoms with Crippen LogP contribution in [0.4, 0.5) is 5.69 Å². The lowest BCUT2D eigenvalue weighted by molar-refractivity contribution is -0.119. The van der Waals surface area contributed by atoms with E-state index >= 15 is 0 Å². The highest BCUT2D eigenvalue weighted by Crippen LogP contribution is 2.30. The average Bonchev–Trinajstić information content (AvgIpc) is 3.01. The topological polar surface area (TPSA) is 111 Å². The van der Waals surface area contributed by atoms with Gasteiger partial charge in [0.2, 0.25) is 5.91 Å². The number of carbonyl (C=O) groups excluding carboxylic acids is 1. The number of carbonyl (C=O) groups is 1. The summed E-state index contributed by atoms with van der Waals surface area (Å²) in [5.41, 5.74) is 1.71. The van der Waals surface area contributed by atoms with Crippen molar-refractivity contribution in [2.75, 3.05) is 38.4 Å². The van der Waals surface area contributed by atoms with Crippen LogP contribution in [-0.2, 0) is 25.8 Å². The van der Waals surface area contributed by atoms with E-state index in [2.05, 4.69) is 15.6 Å². The Morgan fingerprint density at radius 3 is 2.70 bits per heavy atom. The Kier molecular flexibility index (Phi) is 6.85. The number of methoxy groups -OCH3 is 1. The van der Waals surface area contributed by atoms with E-state index in [1.807, 2.05) is 0 Å². The maximum atomic E-state index is 12.8. The normalized spacial score (nSPS) is 16.7. The highest BCUT2D eigenvalue weighted by Gasteiger charge is 2.48. The summed E-state index contributed by atoms with van der Waals surface area (Å²) < 4.78 is 33.9. The third kappa shape index (κ3) is 4.43. The molecule has 8 nitrogen and oxygen atoms in total. The van der Waals surface area contributed by atoms with Crippen LogP contribution in [0, 0.1) is 0 Å². The lowest BCUT2D eigenvalue weighted by Gasteiger charge is -2.34. The maximum absolute atomic E-state index is 12.8. The number of rotatable bonds is 6. The van der Waals surface area contributed by atoms with E-state index in [0.717, 1.165) is 6.26 Å². The van der Waals surface area contributed by atoms with Crippen molar-refractivity contribution >= 4 is 44.9 Å². The number of nitrogens with zero attached hydrogens (tertiary/aromatic N) is 1. The molecule has 1 aliphatic rings. The SMILES string of the molecule is COCCc1nc2cc(NC(=O)C3(S(C)(=O)=O)CCNCC3)ccc2o1.Cl. The third-order valence-corrected chi connectivity index (χ3v) is 6.76. The zero-order valence-electron chi connectivity index (χ0n) is 15.3. The molecule has 0 bridgehead atoms. The second-order valence-electron chi connectivity index (χ2n) is 6.50. The van der Waals surface area contributed by atoms with Gasteiger partial charge >= 0.3 is 0 Å². The number of piperidine rings is 1. The number of halogens is 1. The van der Waals surface area contributed by atoms with Crippen LogP contribution in [0.25, 0.3) is 11.1 Å². The van der Waals surface area contributed by atoms with Gasteiger partial charge in [-0.1, -0.05) is 0 Å². The highest BCUT2D eigenvalue weighted by molar-refractivity contribution is 7.92. The van der Waals surface area contributed by atoms with E-state index in [1.54, 1.807) is 25.3 Å². The fourth-order valence-corrected chi connectivity index (χ4v) is 4.52. The molecular formula is C17H24ClN3O5S. The van der Waals surface area contributed by atoms with Crippen molar-refractivity contribution in [2.45, 2.75) is 24.0 Å². The van der Waals surface area contributed by atoms with Crippen molar-refractivity contribution in [3.63, 3.8) is 0 Å². The van der Waals surface area contributed by atoms with Crippen LogP contribution >= 0.6 is 12.4 Å². The number of aromatic nitrogens is 1. The van der Waals surface area contributed by atoms with E-state index < -0.39 is 20.5 Å². The van der Waals surface area contributed by atoms with Gasteiger partial charge in [0.05, 0.1) is 6.61 Å². The number of ether oxygens (including phenoxy) is 1. The standard InChI is InChI=1S/C17H23N3O5S.ClH/c1-24-10-5-15-20-13-11-12(3-4-14(13)25-15)19-16(21)17(26(2,22)23)6-8-18-9-7-17;/h3-4,11,18H,5-10H2,1-2H3,(H,19,21);1H. The predicted molar refractivity (Wildman–Crippen MR) is 105 cm³/mol. The van der Waals surface area contributed by atoms with Crippen molar-refractivity contribution in [3.05, 3.63) is 24.1 Å². The van der Waals surface area contributed by atoms with E-state index in [0.29, 0.717) is 48.8 Å². The molecule has 2 aromatic rings. The van der Waals surface area contributed by atoms with Crippen LogP contribution in [0.1, 0.15) is 18.7 Å². The molecule has 1 saturated heterocycles. The van der Waals surface area contributed by atoms with E-state index in [-0.39, 0.29) is 25.2 Å². The molecule has 2 N–H and O–H groups in total. The van der Waals surface area contributed by atoms with Crippen molar-refractivity contribution in [2.24, 2.45) is 0 Å². The zero-order chi connectivity index (χ0) is 18.8. The number of benzene rings is 1. The van der Waals surface area contributed by atoms with Crippen molar-refractivity contribution in [3.8, 4) is 0 Å². The quantitative estimate of drug-likeness (QED) is 0.733. The van der Waals surface area contributed by atoms with Crippen LogP contribution < -0.4 is 10.6 Å². The maximum Gasteiger partial charge on any atom is 0.245 e. The van der Waals surface area contributed by atoms with Crippen LogP contribution in [-0.4, -0.2) is 57.1 Å². The Labute approximate surface area is 164 Å². The van der Waals surface area contributed by atoms with Gasteiger partial charge in [0, 0.05) is 25.5 Å². The van der Waals surface area contributed by atoms with Gasteiger partial charge in [-0.05, 0) is 44.1 Å². The Bertz CT molecular complexity index is 906. The van der Waals surface area contributed by atoms with Gasteiger partial charge in [0.15, 0.2) is 26.1 Å². The summed E-state index contributed by atoms with van der Waals surface area (Å²) in [6, 6.07) is 5.08. The molecule has 1 amide bonds. The molecular weight excluding hydrogens is 394 g/mol. The summed E-state index contributed by atoms with van der Waals surface area (Å²) in [5.74, 6) is 0.0558. The monoisotopic (exact) mass is 417 g/mol. The van der Waals surface area contributed by atoms with Gasteiger partial charge in [-0.2, -0.15) is 0 Å². The van der Waals surface area contributed by atoms with Crippen molar-refractivity contribution < 1.29 is 22.4 Å². The highest BCUT2D eigenvalue weighted by atomic mass is 35.5. The van der Waals surface area contributed by atoms with Crippen molar-refractivity contribution in [1.82, 2.24) is 10.3 Å². The number of fused-ring (bicyclic) bond motifs is 1. The molecule has 0 unspecified atom stereocenters. The average molecular weight is 418 g/mol. The number of hydrogen-bond donors (Lipinski definition) is 2. The molecule has 0 aliphatic carbocycles. The van der Waals surface area contributed by atoms with Gasteiger partial charge in [0.1, 0.15) is 5.52 Å². The van der Waals surface area contributed by atoms with Gasteiger partial charge in [-0.3, -0.25) is 4.79 Å². The van der Waals surface area contributed by atoms with E-state index in [1.165, 1.54) is 0 Å². The summed E-state index contributed by atoms with van der Waals surface area (Å²) in [6.07, 6.45) is 2.19. The molecule has 150 valence electrons. The second-order valence-corrected chi connectivity index (χ2v) is 8.83. The number of sulfone groups is 1. The summed E-state index contributed by atoms with van der Waals surface area (Å²) in [4.78, 5) is 17.2. The number of hydrogen-bond acceptors (Lipinski definition) is 7. The number of amides is 1. The Morgan fingerprint density at radius 1 is 1.37 bits per heavy atom. The molecule has 10 heteroatoms. The van der Waals surface area contributed by atoms with E-state index in [9.17, 15) is 13.2 Å². The van der Waals surface area contributed by atoms with Gasteiger partial charge in [-0.15, -0.1) is 12.4 Å². The minimum absolute atomic E-state index is 0. The Balaban J connectivity index is 0.00000261. The van der Waals surface area contributed by atoms with Gasteiger partial charge < -0.3 is 19.8 Å². The van der Waals surface area contributed by atoms with Crippen LogP contribution in [0.3, 0.4) is 0 Å². The smallest absolute Gasteiger partial charge is 0.245 e. The van der Waals surface area contributed by atoms with E-state index in [4.69, 9.17) is 9.15 Å². The first-order valence-corrected chi connectivity index (χ1v) is 10.3. The first kappa shape index (κ1) is 21.6. The fourth-order valence-electron chi connectivity index (χ4n) is 3.19. The third-order valence-electron chi connectivity index (χ3n) is 4.74. The van der Waals surface area contributed by atoms with Crippen molar-refractivity contribution in [1.29, 1.82) is 0 Å². The van der Waals surface area contributed by atoms with Gasteiger partial charge in [-0.25, -0.2) is 13.4 Å². The molecule has 0 radical (unpaired) electrons. The Morgan fingerprint density at radius 2 is 2.07 bits per heavy atom. The number of nitrogens with one attached hydrogen (secondary N) is 2. The molecule has 0 spiro atoms. The number of anilines is 1. The molecule has 3 rings (SSSR count). The molecule has 0 saturated carbocycles. The first-order valence-electron chi connectivity index (χ1n) is 8.46. The van der Waals surface area contributed by atoms with Crippen LogP contribution in [0.15, 0.2) is 22.6 Å². The minimum Gasteiger partial charge on any atom is -0.441 e. The zero-order valence-corrected chi connectivity index (χ0v) is 16.9. The van der Waals surface area contributed by atoms with Crippen LogP contribution in [0.2, 0.25) is 0 Å². The molecule has 1 fully saturated rings. The minimum atomic E-state index is -3.56. The van der Waals surface area contributed by atoms with Crippen LogP contribution in [0.5, 0.6) is 0 Å². The molecule has 1 aromatic heterocycles. The predicted octanol–water partition coefficient (Wildman–Crippen LogP) is 1.54.